The number of anilines is 1. The van der Waals surface area contributed by atoms with Gasteiger partial charge in [0, 0.05) is 17.3 Å². The summed E-state index contributed by atoms with van der Waals surface area (Å²) in [5, 5.41) is 10.8. The van der Waals surface area contributed by atoms with E-state index in [2.05, 4.69) is 5.10 Å². The number of hydrogen-bond donors (Lipinski definition) is 0. The minimum Gasteiger partial charge on any atom is -0.494 e. The van der Waals surface area contributed by atoms with Crippen LogP contribution in [-0.2, 0) is 4.79 Å². The van der Waals surface area contributed by atoms with Crippen LogP contribution >= 0.6 is 0 Å². The Morgan fingerprint density at radius 1 is 0.882 bits per heavy atom. The molecule has 1 aromatic heterocycles. The van der Waals surface area contributed by atoms with E-state index in [-0.39, 0.29) is 5.91 Å². The first kappa shape index (κ1) is 21.4. The van der Waals surface area contributed by atoms with Crippen LogP contribution in [0.25, 0.3) is 23.0 Å². The molecule has 5 rings (SSSR count). The minimum absolute atomic E-state index is 0.159. The van der Waals surface area contributed by atoms with E-state index in [1.165, 1.54) is 5.01 Å². The summed E-state index contributed by atoms with van der Waals surface area (Å²) in [5.74, 6) is 0.648. The molecule has 0 aliphatic carbocycles. The molecule has 0 spiro atoms. The maximum atomic E-state index is 13.3. The van der Waals surface area contributed by atoms with Crippen LogP contribution in [0.4, 0.5) is 5.69 Å². The summed E-state index contributed by atoms with van der Waals surface area (Å²) in [6, 6.07) is 27.2. The molecule has 168 valence electrons. The fraction of sp³-hybridized carbons (Fsp3) is 0.107. The van der Waals surface area contributed by atoms with Gasteiger partial charge < -0.3 is 4.74 Å². The molecule has 0 unspecified atom stereocenters. The Bertz CT molecular complexity index is 1370. The molecule has 2 heterocycles. The summed E-state index contributed by atoms with van der Waals surface area (Å²) in [4.78, 5) is 13.3. The fourth-order valence-corrected chi connectivity index (χ4v) is 3.89. The topological polar surface area (TPSA) is 59.7 Å². The van der Waals surface area contributed by atoms with Crippen molar-refractivity contribution >= 4 is 23.4 Å². The Hall–Kier alpha value is -4.45. The van der Waals surface area contributed by atoms with Crippen LogP contribution in [0.2, 0.25) is 0 Å². The molecule has 0 atom stereocenters. The average Bonchev–Trinajstić information content (AvgIpc) is 3.42. The summed E-state index contributed by atoms with van der Waals surface area (Å²) < 4.78 is 7.42. The maximum Gasteiger partial charge on any atom is 0.280 e. The Kier molecular flexibility index (Phi) is 5.79. The van der Waals surface area contributed by atoms with E-state index >= 15 is 0 Å². The van der Waals surface area contributed by atoms with E-state index < -0.39 is 0 Å². The van der Waals surface area contributed by atoms with E-state index in [0.29, 0.717) is 17.9 Å². The molecule has 34 heavy (non-hydrogen) atoms. The van der Waals surface area contributed by atoms with Crippen molar-refractivity contribution in [2.45, 2.75) is 13.8 Å². The number of aromatic nitrogens is 2. The number of hydrazone groups is 1. The lowest BCUT2D eigenvalue weighted by Crippen LogP contribution is -2.21. The third-order valence-electron chi connectivity index (χ3n) is 5.57. The van der Waals surface area contributed by atoms with Crippen molar-refractivity contribution in [3.05, 3.63) is 102 Å². The SMILES string of the molecule is CCOc1ccc(-c2nn(-c3ccccc3)cc2/C=C2\C(=O)N(c3ccccc3)N=C2C)cc1. The number of benzene rings is 3. The molecular formula is C28H24N4O2. The molecule has 0 saturated carbocycles. The zero-order chi connectivity index (χ0) is 23.5. The number of ether oxygens (including phenoxy) is 1. The average molecular weight is 449 g/mol. The highest BCUT2D eigenvalue weighted by atomic mass is 16.5. The van der Waals surface area contributed by atoms with Crippen molar-refractivity contribution in [2.24, 2.45) is 5.10 Å². The molecule has 6 nitrogen and oxygen atoms in total. The van der Waals surface area contributed by atoms with E-state index in [4.69, 9.17) is 9.84 Å². The Labute approximate surface area is 198 Å². The van der Waals surface area contributed by atoms with Crippen LogP contribution in [0, 0.1) is 0 Å². The molecule has 0 bridgehead atoms. The monoisotopic (exact) mass is 448 g/mol. The number of carbonyl (C=O) groups excluding carboxylic acids is 1. The van der Waals surface area contributed by atoms with Gasteiger partial charge in [-0.05, 0) is 68.5 Å². The standard InChI is InChI=1S/C28H24N4O2/c1-3-34-25-16-14-21(15-17-25)27-22(19-31(30-27)23-10-6-4-7-11-23)18-26-20(2)29-32(28(26)33)24-12-8-5-9-13-24/h4-19H,3H2,1-2H3/b26-18-. The maximum absolute atomic E-state index is 13.3. The van der Waals surface area contributed by atoms with Crippen molar-refractivity contribution in [1.29, 1.82) is 0 Å². The van der Waals surface area contributed by atoms with Crippen LogP contribution < -0.4 is 9.75 Å². The Balaban J connectivity index is 1.57. The quantitative estimate of drug-likeness (QED) is 0.353. The number of amides is 1. The third-order valence-corrected chi connectivity index (χ3v) is 5.57. The van der Waals surface area contributed by atoms with Gasteiger partial charge in [-0.25, -0.2) is 4.68 Å². The highest BCUT2D eigenvalue weighted by molar-refractivity contribution is 6.32. The summed E-state index contributed by atoms with van der Waals surface area (Å²) in [7, 11) is 0. The summed E-state index contributed by atoms with van der Waals surface area (Å²) in [6.07, 6.45) is 3.82. The predicted octanol–water partition coefficient (Wildman–Crippen LogP) is 5.74. The van der Waals surface area contributed by atoms with Gasteiger partial charge in [0.05, 0.1) is 35.0 Å². The summed E-state index contributed by atoms with van der Waals surface area (Å²) in [6.45, 7) is 4.42. The number of hydrogen-bond acceptors (Lipinski definition) is 4. The molecule has 4 aromatic rings. The van der Waals surface area contributed by atoms with E-state index in [1.54, 1.807) is 0 Å². The third kappa shape index (κ3) is 4.13. The summed E-state index contributed by atoms with van der Waals surface area (Å²) in [5.41, 5.74) is 5.43. The van der Waals surface area contributed by atoms with Gasteiger partial charge in [0.2, 0.25) is 0 Å². The molecule has 0 saturated heterocycles. The van der Waals surface area contributed by atoms with Crippen molar-refractivity contribution in [1.82, 2.24) is 9.78 Å². The van der Waals surface area contributed by atoms with Gasteiger partial charge in [0.1, 0.15) is 5.75 Å². The van der Waals surface area contributed by atoms with Gasteiger partial charge in [-0.1, -0.05) is 36.4 Å². The molecule has 6 heteroatoms. The second-order valence-corrected chi connectivity index (χ2v) is 7.87. The van der Waals surface area contributed by atoms with Crippen molar-refractivity contribution in [2.75, 3.05) is 11.6 Å². The number of rotatable bonds is 6. The predicted molar refractivity (Wildman–Crippen MR) is 135 cm³/mol. The fourth-order valence-electron chi connectivity index (χ4n) is 3.89. The minimum atomic E-state index is -0.159. The molecule has 3 aromatic carbocycles. The number of para-hydroxylation sites is 2. The lowest BCUT2D eigenvalue weighted by atomic mass is 10.0. The highest BCUT2D eigenvalue weighted by Gasteiger charge is 2.29. The Morgan fingerprint density at radius 3 is 2.18 bits per heavy atom. The normalized spacial score (nSPS) is 14.5. The molecule has 0 radical (unpaired) electrons. The van der Waals surface area contributed by atoms with Crippen LogP contribution in [0.5, 0.6) is 5.75 Å². The highest BCUT2D eigenvalue weighted by Crippen LogP contribution is 2.30. The van der Waals surface area contributed by atoms with Crippen LogP contribution in [0.3, 0.4) is 0 Å². The Morgan fingerprint density at radius 2 is 1.53 bits per heavy atom. The second-order valence-electron chi connectivity index (χ2n) is 7.87. The van der Waals surface area contributed by atoms with Crippen LogP contribution in [0.1, 0.15) is 19.4 Å². The van der Waals surface area contributed by atoms with Gasteiger partial charge in [-0.2, -0.15) is 15.2 Å². The zero-order valence-electron chi connectivity index (χ0n) is 19.1. The zero-order valence-corrected chi connectivity index (χ0v) is 19.1. The molecular weight excluding hydrogens is 424 g/mol. The van der Waals surface area contributed by atoms with Gasteiger partial charge in [-0.15, -0.1) is 0 Å². The summed E-state index contributed by atoms with van der Waals surface area (Å²) >= 11 is 0. The number of carbonyl (C=O) groups is 1. The van der Waals surface area contributed by atoms with Gasteiger partial charge in [0.15, 0.2) is 0 Å². The first-order chi connectivity index (χ1) is 16.6. The van der Waals surface area contributed by atoms with Crippen molar-refractivity contribution in [3.8, 4) is 22.7 Å². The lowest BCUT2D eigenvalue weighted by molar-refractivity contribution is -0.114. The molecule has 0 fully saturated rings. The van der Waals surface area contributed by atoms with Crippen molar-refractivity contribution < 1.29 is 9.53 Å². The molecule has 1 aliphatic heterocycles. The number of nitrogens with zero attached hydrogens (tertiary/aromatic N) is 4. The van der Waals surface area contributed by atoms with Crippen LogP contribution in [-0.4, -0.2) is 28.0 Å². The van der Waals surface area contributed by atoms with E-state index in [0.717, 1.165) is 33.9 Å². The second kappa shape index (κ2) is 9.19. The largest absolute Gasteiger partial charge is 0.494 e. The van der Waals surface area contributed by atoms with E-state index in [1.807, 2.05) is 116 Å². The van der Waals surface area contributed by atoms with Crippen molar-refractivity contribution in [3.63, 3.8) is 0 Å². The molecule has 1 amide bonds. The molecule has 0 N–H and O–H groups in total. The first-order valence-electron chi connectivity index (χ1n) is 11.2. The smallest absolute Gasteiger partial charge is 0.280 e. The first-order valence-corrected chi connectivity index (χ1v) is 11.2. The van der Waals surface area contributed by atoms with E-state index in [9.17, 15) is 4.79 Å². The molecule has 1 aliphatic rings. The van der Waals surface area contributed by atoms with Gasteiger partial charge >= 0.3 is 0 Å². The van der Waals surface area contributed by atoms with Gasteiger partial charge in [0.25, 0.3) is 5.91 Å². The lowest BCUT2D eigenvalue weighted by Gasteiger charge is -2.11. The van der Waals surface area contributed by atoms with Gasteiger partial charge in [-0.3, -0.25) is 4.79 Å². The van der Waals surface area contributed by atoms with Crippen LogP contribution in [0.15, 0.2) is 102 Å².